The summed E-state index contributed by atoms with van der Waals surface area (Å²) in [6.45, 7) is 1.50. The number of anilines is 1. The van der Waals surface area contributed by atoms with Crippen LogP contribution in [-0.2, 0) is 9.53 Å². The van der Waals surface area contributed by atoms with Gasteiger partial charge in [0.1, 0.15) is 0 Å². The Morgan fingerprint density at radius 3 is 2.10 bits per heavy atom. The predicted molar refractivity (Wildman–Crippen MR) is 118 cm³/mol. The zero-order valence-corrected chi connectivity index (χ0v) is 16.9. The third-order valence-electron chi connectivity index (χ3n) is 4.64. The normalized spacial score (nSPS) is 10.7. The van der Waals surface area contributed by atoms with Gasteiger partial charge in [-0.3, -0.25) is 4.79 Å². The zero-order valence-electron chi connectivity index (χ0n) is 16.1. The molecule has 0 aliphatic rings. The molecule has 1 heterocycles. The molecule has 0 saturated heterocycles. The van der Waals surface area contributed by atoms with Crippen molar-refractivity contribution >= 4 is 39.7 Å². The molecule has 0 aliphatic heterocycles. The van der Waals surface area contributed by atoms with Crippen molar-refractivity contribution in [3.63, 3.8) is 0 Å². The third-order valence-corrected chi connectivity index (χ3v) is 5.83. The van der Waals surface area contributed by atoms with Crippen LogP contribution in [0, 0.1) is 0 Å². The van der Waals surface area contributed by atoms with Gasteiger partial charge in [0.25, 0.3) is 0 Å². The van der Waals surface area contributed by atoms with Gasteiger partial charge in [0.05, 0.1) is 12.7 Å². The van der Waals surface area contributed by atoms with Gasteiger partial charge in [-0.15, -0.1) is 11.3 Å². The Kier molecular flexibility index (Phi) is 5.14. The Hall–Kier alpha value is -3.44. The van der Waals surface area contributed by atoms with E-state index in [0.717, 1.165) is 32.5 Å². The summed E-state index contributed by atoms with van der Waals surface area (Å²) in [6, 6.07) is 23.9. The number of methoxy groups -OCH3 is 1. The fourth-order valence-electron chi connectivity index (χ4n) is 3.21. The molecule has 0 bridgehead atoms. The number of esters is 1. The first-order chi connectivity index (χ1) is 14.0. The summed E-state index contributed by atoms with van der Waals surface area (Å²) in [5.41, 5.74) is 3.58. The van der Waals surface area contributed by atoms with Crippen LogP contribution in [0.2, 0.25) is 0 Å². The van der Waals surface area contributed by atoms with E-state index in [1.165, 1.54) is 18.9 Å². The molecule has 3 aromatic carbocycles. The number of benzene rings is 3. The van der Waals surface area contributed by atoms with Crippen molar-refractivity contribution < 1.29 is 14.3 Å². The Morgan fingerprint density at radius 2 is 1.41 bits per heavy atom. The van der Waals surface area contributed by atoms with E-state index in [9.17, 15) is 9.59 Å². The highest BCUT2D eigenvalue weighted by Crippen LogP contribution is 2.36. The van der Waals surface area contributed by atoms with Crippen LogP contribution >= 0.6 is 11.3 Å². The predicted octanol–water partition coefficient (Wildman–Crippen LogP) is 5.98. The molecule has 0 saturated carbocycles. The van der Waals surface area contributed by atoms with E-state index in [1.807, 2.05) is 42.5 Å². The van der Waals surface area contributed by atoms with E-state index in [-0.39, 0.29) is 11.9 Å². The van der Waals surface area contributed by atoms with Gasteiger partial charge in [0.15, 0.2) is 0 Å². The van der Waals surface area contributed by atoms with Crippen molar-refractivity contribution in [2.24, 2.45) is 0 Å². The van der Waals surface area contributed by atoms with Crippen LogP contribution in [0.3, 0.4) is 0 Å². The van der Waals surface area contributed by atoms with Gasteiger partial charge in [0, 0.05) is 22.4 Å². The van der Waals surface area contributed by atoms with Crippen LogP contribution in [0.25, 0.3) is 31.7 Å². The maximum Gasteiger partial charge on any atom is 0.337 e. The van der Waals surface area contributed by atoms with Crippen LogP contribution in [0.15, 0.2) is 72.8 Å². The lowest BCUT2D eigenvalue weighted by Gasteiger charge is -2.05. The van der Waals surface area contributed by atoms with E-state index in [4.69, 9.17) is 4.74 Å². The van der Waals surface area contributed by atoms with E-state index < -0.39 is 0 Å². The Bertz CT molecular complexity index is 1210. The quantitative estimate of drug-likeness (QED) is 0.428. The standard InChI is InChI=1S/C24H19NO3S/c1-15(26)25-21-9-7-16(8-10-21)22-11-12-23(29-22)19-5-3-18-14-20(24(27)28-2)6-4-17(18)13-19/h3-14H,1-2H3,(H,25,26). The van der Waals surface area contributed by atoms with Crippen molar-refractivity contribution in [2.45, 2.75) is 6.92 Å². The molecular formula is C24H19NO3S. The van der Waals surface area contributed by atoms with E-state index in [2.05, 4.69) is 29.6 Å². The first-order valence-electron chi connectivity index (χ1n) is 9.14. The lowest BCUT2D eigenvalue weighted by Crippen LogP contribution is -2.05. The fraction of sp³-hybridized carbons (Fsp3) is 0.0833. The number of amides is 1. The Labute approximate surface area is 172 Å². The smallest absolute Gasteiger partial charge is 0.337 e. The van der Waals surface area contributed by atoms with E-state index in [0.29, 0.717) is 5.56 Å². The van der Waals surface area contributed by atoms with Gasteiger partial charge in [0.2, 0.25) is 5.91 Å². The summed E-state index contributed by atoms with van der Waals surface area (Å²) in [7, 11) is 1.39. The summed E-state index contributed by atoms with van der Waals surface area (Å²) in [4.78, 5) is 25.2. The number of nitrogens with one attached hydrogen (secondary N) is 1. The number of hydrogen-bond donors (Lipinski definition) is 1. The molecule has 4 rings (SSSR count). The largest absolute Gasteiger partial charge is 0.465 e. The van der Waals surface area contributed by atoms with Crippen LogP contribution in [0.4, 0.5) is 5.69 Å². The highest BCUT2D eigenvalue weighted by Gasteiger charge is 2.09. The number of carbonyl (C=O) groups excluding carboxylic acids is 2. The van der Waals surface area contributed by atoms with Crippen molar-refractivity contribution in [3.8, 4) is 20.9 Å². The summed E-state index contributed by atoms with van der Waals surface area (Å²) >= 11 is 1.72. The minimum absolute atomic E-state index is 0.0776. The molecule has 0 atom stereocenters. The molecule has 1 amide bonds. The van der Waals surface area contributed by atoms with Gasteiger partial charge < -0.3 is 10.1 Å². The highest BCUT2D eigenvalue weighted by molar-refractivity contribution is 7.18. The van der Waals surface area contributed by atoms with E-state index >= 15 is 0 Å². The van der Waals surface area contributed by atoms with Crippen LogP contribution in [0.1, 0.15) is 17.3 Å². The van der Waals surface area contributed by atoms with Crippen molar-refractivity contribution in [2.75, 3.05) is 12.4 Å². The van der Waals surface area contributed by atoms with Crippen molar-refractivity contribution in [3.05, 3.63) is 78.4 Å². The summed E-state index contributed by atoms with van der Waals surface area (Å²) < 4.78 is 4.79. The molecule has 5 heteroatoms. The lowest BCUT2D eigenvalue weighted by molar-refractivity contribution is -0.114. The summed E-state index contributed by atoms with van der Waals surface area (Å²) in [6.07, 6.45) is 0. The molecule has 0 spiro atoms. The highest BCUT2D eigenvalue weighted by atomic mass is 32.1. The van der Waals surface area contributed by atoms with Gasteiger partial charge in [-0.05, 0) is 64.4 Å². The minimum atomic E-state index is -0.330. The number of fused-ring (bicyclic) bond motifs is 1. The van der Waals surface area contributed by atoms with Crippen LogP contribution in [0.5, 0.6) is 0 Å². The number of hydrogen-bond acceptors (Lipinski definition) is 4. The Morgan fingerprint density at radius 1 is 0.793 bits per heavy atom. The van der Waals surface area contributed by atoms with Crippen LogP contribution in [-0.4, -0.2) is 19.0 Å². The monoisotopic (exact) mass is 401 g/mol. The zero-order chi connectivity index (χ0) is 20.4. The molecular weight excluding hydrogens is 382 g/mol. The second kappa shape index (κ2) is 7.89. The first kappa shape index (κ1) is 18.9. The molecule has 1 aromatic heterocycles. The molecule has 0 fully saturated rings. The third kappa shape index (κ3) is 4.05. The van der Waals surface area contributed by atoms with Gasteiger partial charge in [-0.2, -0.15) is 0 Å². The van der Waals surface area contributed by atoms with Crippen molar-refractivity contribution in [1.29, 1.82) is 0 Å². The molecule has 29 heavy (non-hydrogen) atoms. The number of rotatable bonds is 4. The van der Waals surface area contributed by atoms with Crippen molar-refractivity contribution in [1.82, 2.24) is 0 Å². The molecule has 0 aliphatic carbocycles. The number of ether oxygens (including phenoxy) is 1. The second-order valence-electron chi connectivity index (χ2n) is 6.69. The molecule has 144 valence electrons. The molecule has 1 N–H and O–H groups in total. The van der Waals surface area contributed by atoms with Gasteiger partial charge in [-0.1, -0.05) is 30.3 Å². The SMILES string of the molecule is COC(=O)c1ccc2cc(-c3ccc(-c4ccc(NC(C)=O)cc4)s3)ccc2c1. The van der Waals surface area contributed by atoms with Crippen LogP contribution < -0.4 is 5.32 Å². The molecule has 0 radical (unpaired) electrons. The average molecular weight is 401 g/mol. The molecule has 4 nitrogen and oxygen atoms in total. The first-order valence-corrected chi connectivity index (χ1v) is 9.95. The van der Waals surface area contributed by atoms with E-state index in [1.54, 1.807) is 17.4 Å². The number of thiophene rings is 1. The molecule has 4 aromatic rings. The minimum Gasteiger partial charge on any atom is -0.465 e. The maximum atomic E-state index is 11.7. The summed E-state index contributed by atoms with van der Waals surface area (Å²) in [5.74, 6) is -0.408. The topological polar surface area (TPSA) is 55.4 Å². The number of carbonyl (C=O) groups is 2. The lowest BCUT2D eigenvalue weighted by atomic mass is 10.0. The average Bonchev–Trinajstić information content (AvgIpc) is 3.23. The fourth-order valence-corrected chi connectivity index (χ4v) is 4.22. The molecule has 0 unspecified atom stereocenters. The maximum absolute atomic E-state index is 11.7. The van der Waals surface area contributed by atoms with Gasteiger partial charge in [-0.25, -0.2) is 4.79 Å². The second-order valence-corrected chi connectivity index (χ2v) is 7.77. The Balaban J connectivity index is 1.61. The summed E-state index contributed by atoms with van der Waals surface area (Å²) in [5, 5.41) is 4.86. The van der Waals surface area contributed by atoms with Gasteiger partial charge >= 0.3 is 5.97 Å².